The van der Waals surface area contributed by atoms with Crippen LogP contribution in [0.25, 0.3) is 0 Å². The van der Waals surface area contributed by atoms with Crippen molar-refractivity contribution in [1.82, 2.24) is 9.88 Å². The Kier molecular flexibility index (Phi) is 4.37. The first kappa shape index (κ1) is 17.9. The smallest absolute Gasteiger partial charge is 0.322 e. The highest BCUT2D eigenvalue weighted by Gasteiger charge is 2.53. The van der Waals surface area contributed by atoms with Crippen LogP contribution >= 0.6 is 23.5 Å². The van der Waals surface area contributed by atoms with Crippen LogP contribution in [0.5, 0.6) is 0 Å². The molecule has 25 heavy (non-hydrogen) atoms. The van der Waals surface area contributed by atoms with Crippen molar-refractivity contribution < 1.29 is 19.4 Å². The minimum Gasteiger partial charge on any atom is -0.549 e. The van der Waals surface area contributed by atoms with Gasteiger partial charge in [0.25, 0.3) is 0 Å². The Morgan fingerprint density at radius 1 is 1.56 bits per heavy atom. The van der Waals surface area contributed by atoms with Gasteiger partial charge in [0.05, 0.1) is 11.5 Å². The lowest BCUT2D eigenvalue weighted by Crippen LogP contribution is -2.73. The number of fused-ring (bicyclic) bond motifs is 1. The van der Waals surface area contributed by atoms with Gasteiger partial charge in [-0.3, -0.25) is 10.6 Å². The van der Waals surface area contributed by atoms with Gasteiger partial charge in [-0.25, -0.2) is 0 Å². The van der Waals surface area contributed by atoms with Crippen LogP contribution in [0.1, 0.15) is 5.56 Å². The van der Waals surface area contributed by atoms with Crippen molar-refractivity contribution in [3.8, 4) is 0 Å². The zero-order valence-electron chi connectivity index (χ0n) is 13.5. The Labute approximate surface area is 152 Å². The summed E-state index contributed by atoms with van der Waals surface area (Å²) < 4.78 is 1.17. The van der Waals surface area contributed by atoms with E-state index in [1.54, 1.807) is 6.92 Å². The summed E-state index contributed by atoms with van der Waals surface area (Å²) in [7, 11) is 0. The van der Waals surface area contributed by atoms with E-state index in [0.29, 0.717) is 10.7 Å². The minimum absolute atomic E-state index is 0.0495. The minimum atomic E-state index is -1.23. The molecular formula is C13H19N7O3S2. The van der Waals surface area contributed by atoms with Crippen molar-refractivity contribution in [2.24, 2.45) is 11.1 Å². The zero-order chi connectivity index (χ0) is 18.5. The van der Waals surface area contributed by atoms with E-state index in [-0.39, 0.29) is 41.0 Å². The van der Waals surface area contributed by atoms with E-state index in [1.807, 2.05) is 0 Å². The molecule has 2 aliphatic rings. The molecule has 1 amide bonds. The second kappa shape index (κ2) is 6.11. The number of thioether (sulfide) groups is 2. The number of β-lactam (4-membered cyclic amide) rings is 1. The van der Waals surface area contributed by atoms with Crippen molar-refractivity contribution in [3.05, 3.63) is 5.56 Å². The molecule has 0 spiro atoms. The number of rotatable bonds is 4. The summed E-state index contributed by atoms with van der Waals surface area (Å²) in [6, 6.07) is -0.568. The summed E-state index contributed by atoms with van der Waals surface area (Å²) in [5.41, 5.74) is 16.7. The Morgan fingerprint density at radius 3 is 2.88 bits per heavy atom. The number of carboxylic acids is 1. The number of aliphatic carboxylic acids is 1. The number of carbonyl (C=O) groups is 2. The molecule has 3 atom stereocenters. The molecule has 1 aromatic heterocycles. The second-order valence-corrected chi connectivity index (χ2v) is 8.26. The van der Waals surface area contributed by atoms with Crippen molar-refractivity contribution >= 4 is 47.0 Å². The number of aromatic nitrogens is 2. The van der Waals surface area contributed by atoms with Gasteiger partial charge in [-0.2, -0.15) is 0 Å². The van der Waals surface area contributed by atoms with Crippen molar-refractivity contribution in [1.29, 1.82) is 0 Å². The van der Waals surface area contributed by atoms with Gasteiger partial charge < -0.3 is 32.0 Å². The standard InChI is InChI=1S/C13H19N7O3S2/c1-5-7(15)18-12(20(17)8(5)16)25-4-13(11(22)23)2-19-9(21)6(14)10(19)24-3-13/h6,10H,2-4,14,17H2,1H3,(H4,15,16,22,23)/t6?,10-,13?/m1/s1. The van der Waals surface area contributed by atoms with E-state index < -0.39 is 17.4 Å². The van der Waals surface area contributed by atoms with Gasteiger partial charge in [-0.1, -0.05) is 4.98 Å². The Hall–Kier alpha value is -1.92. The highest BCUT2D eigenvalue weighted by molar-refractivity contribution is 8.00. The first-order chi connectivity index (χ1) is 11.7. The predicted octanol–water partition coefficient (Wildman–Crippen LogP) is -3.37. The first-order valence-corrected chi connectivity index (χ1v) is 9.46. The van der Waals surface area contributed by atoms with Crippen LogP contribution in [-0.4, -0.2) is 51.2 Å². The van der Waals surface area contributed by atoms with Crippen LogP contribution in [0, 0.1) is 12.3 Å². The maximum atomic E-state index is 11.9. The molecule has 0 saturated carbocycles. The van der Waals surface area contributed by atoms with Gasteiger partial charge >= 0.3 is 5.16 Å². The van der Waals surface area contributed by atoms with Crippen LogP contribution < -0.4 is 32.8 Å². The fraction of sp³-hybridized carbons (Fsp3) is 0.538. The van der Waals surface area contributed by atoms with Crippen molar-refractivity contribution in [2.75, 3.05) is 35.4 Å². The molecular weight excluding hydrogens is 366 g/mol. The monoisotopic (exact) mass is 385 g/mol. The van der Waals surface area contributed by atoms with Crippen LogP contribution in [0.2, 0.25) is 0 Å². The number of hydrogen-bond donors (Lipinski definition) is 4. The number of nitrogens with two attached hydrogens (primary N) is 4. The number of carbonyl (C=O) groups excluding carboxylic acids is 2. The fourth-order valence-electron chi connectivity index (χ4n) is 2.76. The van der Waals surface area contributed by atoms with Gasteiger partial charge in [-0.15, -0.1) is 16.4 Å². The summed E-state index contributed by atoms with van der Waals surface area (Å²) in [5, 5.41) is 11.9. The number of nitrogen functional groups attached to an aromatic ring is 3. The van der Waals surface area contributed by atoms with Crippen LogP contribution in [0.3, 0.4) is 0 Å². The third-order valence-electron chi connectivity index (χ3n) is 4.55. The molecule has 10 nitrogen and oxygen atoms in total. The molecule has 1 aromatic rings. The summed E-state index contributed by atoms with van der Waals surface area (Å²) in [6.45, 7) is 1.74. The van der Waals surface area contributed by atoms with E-state index in [1.165, 1.54) is 21.3 Å². The molecule has 0 aliphatic carbocycles. The molecule has 2 aliphatic heterocycles. The van der Waals surface area contributed by atoms with Crippen LogP contribution in [-0.2, 0) is 9.59 Å². The summed E-state index contributed by atoms with van der Waals surface area (Å²) in [4.78, 5) is 29.3. The maximum Gasteiger partial charge on any atom is 0.322 e. The lowest BCUT2D eigenvalue weighted by molar-refractivity contribution is -0.667. The Balaban J connectivity index is 1.81. The molecule has 0 aromatic carbocycles. The van der Waals surface area contributed by atoms with E-state index >= 15 is 0 Å². The number of amides is 1. The molecule has 2 fully saturated rings. The van der Waals surface area contributed by atoms with E-state index in [2.05, 4.69) is 4.98 Å². The van der Waals surface area contributed by atoms with Crippen molar-refractivity contribution in [3.63, 3.8) is 0 Å². The molecule has 0 bridgehead atoms. The summed E-state index contributed by atoms with van der Waals surface area (Å²) >= 11 is 2.46. The molecule has 2 unspecified atom stereocenters. The Morgan fingerprint density at radius 2 is 2.24 bits per heavy atom. The molecule has 2 saturated heterocycles. The number of nitrogens with zero attached hydrogens (tertiary/aromatic N) is 3. The van der Waals surface area contributed by atoms with E-state index in [4.69, 9.17) is 23.0 Å². The SMILES string of the molecule is Cc1c(N)nc(SCC2(C(=O)[O-])CS[C@@H]3C(N)C(=O)N3C2)[n+](N)c1N. The number of anilines is 2. The maximum absolute atomic E-state index is 11.9. The largest absolute Gasteiger partial charge is 0.549 e. The quantitative estimate of drug-likeness (QED) is 0.134. The molecule has 3 rings (SSSR count). The predicted molar refractivity (Wildman–Crippen MR) is 92.2 cm³/mol. The third-order valence-corrected chi connectivity index (χ3v) is 7.40. The lowest BCUT2D eigenvalue weighted by atomic mass is 9.89. The molecule has 136 valence electrons. The van der Waals surface area contributed by atoms with E-state index in [9.17, 15) is 14.7 Å². The van der Waals surface area contributed by atoms with Gasteiger partial charge in [0.2, 0.25) is 17.5 Å². The Bertz CT molecular complexity index is 762. The highest BCUT2D eigenvalue weighted by atomic mass is 32.2. The lowest BCUT2D eigenvalue weighted by Gasteiger charge is -2.54. The van der Waals surface area contributed by atoms with Crippen LogP contribution in [0.4, 0.5) is 11.6 Å². The topological polar surface area (TPSA) is 181 Å². The summed E-state index contributed by atoms with van der Waals surface area (Å²) in [6.07, 6.45) is 0. The van der Waals surface area contributed by atoms with Crippen molar-refractivity contribution in [2.45, 2.75) is 23.5 Å². The molecule has 8 N–H and O–H groups in total. The highest BCUT2D eigenvalue weighted by Crippen LogP contribution is 2.43. The van der Waals surface area contributed by atoms with Gasteiger partial charge in [0, 0.05) is 23.5 Å². The third kappa shape index (κ3) is 2.73. The molecule has 3 heterocycles. The van der Waals surface area contributed by atoms with E-state index in [0.717, 1.165) is 11.8 Å². The number of carboxylic acid groups (broad SMARTS) is 1. The first-order valence-electron chi connectivity index (χ1n) is 7.42. The fourth-order valence-corrected chi connectivity index (χ4v) is 5.49. The molecule has 0 radical (unpaired) electrons. The average Bonchev–Trinajstić information content (AvgIpc) is 2.60. The number of hydrogen-bond acceptors (Lipinski definition) is 10. The van der Waals surface area contributed by atoms with Gasteiger partial charge in [0.1, 0.15) is 11.4 Å². The average molecular weight is 385 g/mol. The normalized spacial score (nSPS) is 28.4. The van der Waals surface area contributed by atoms with Gasteiger partial charge in [-0.05, 0) is 18.7 Å². The van der Waals surface area contributed by atoms with Gasteiger partial charge in [0.15, 0.2) is 0 Å². The zero-order valence-corrected chi connectivity index (χ0v) is 15.1. The van der Waals surface area contributed by atoms with Crippen LogP contribution in [0.15, 0.2) is 5.16 Å². The summed E-state index contributed by atoms with van der Waals surface area (Å²) in [5.74, 6) is 5.29. The second-order valence-electron chi connectivity index (χ2n) is 6.21. The molecule has 12 heteroatoms.